The summed E-state index contributed by atoms with van der Waals surface area (Å²) in [4.78, 5) is 4.78. The third kappa shape index (κ3) is 3.93. The zero-order valence-corrected chi connectivity index (χ0v) is 14.6. The molecule has 2 aromatic rings. The standard InChI is InChI=1S/C19H29N3O/c1-4-15-11-18-19(20-12-15)17(14(2)21-16-7-8-16)13-22(18)9-5-6-10-23-3/h11-14,16,21H,4-10H2,1-3H3. The molecule has 23 heavy (non-hydrogen) atoms. The lowest BCUT2D eigenvalue weighted by atomic mass is 10.1. The van der Waals surface area contributed by atoms with Crippen molar-refractivity contribution in [3.63, 3.8) is 0 Å². The fourth-order valence-electron chi connectivity index (χ4n) is 3.15. The van der Waals surface area contributed by atoms with Gasteiger partial charge in [0.2, 0.25) is 0 Å². The first-order valence-electron chi connectivity index (χ1n) is 8.95. The molecule has 1 saturated carbocycles. The smallest absolute Gasteiger partial charge is 0.0928 e. The number of nitrogens with zero attached hydrogens (tertiary/aromatic N) is 2. The van der Waals surface area contributed by atoms with Crippen molar-refractivity contribution in [2.75, 3.05) is 13.7 Å². The average Bonchev–Trinajstić information content (AvgIpc) is 3.30. The summed E-state index contributed by atoms with van der Waals surface area (Å²) >= 11 is 0. The van der Waals surface area contributed by atoms with Crippen molar-refractivity contribution in [3.05, 3.63) is 29.6 Å². The first-order chi connectivity index (χ1) is 11.2. The van der Waals surface area contributed by atoms with Crippen LogP contribution in [0.3, 0.4) is 0 Å². The minimum absolute atomic E-state index is 0.366. The van der Waals surface area contributed by atoms with E-state index in [2.05, 4.69) is 36.0 Å². The lowest BCUT2D eigenvalue weighted by molar-refractivity contribution is 0.191. The summed E-state index contributed by atoms with van der Waals surface area (Å²) in [6.45, 7) is 6.32. The highest BCUT2D eigenvalue weighted by atomic mass is 16.5. The van der Waals surface area contributed by atoms with Gasteiger partial charge in [-0.2, -0.15) is 0 Å². The summed E-state index contributed by atoms with van der Waals surface area (Å²) in [6.07, 6.45) is 10.2. The zero-order chi connectivity index (χ0) is 16.2. The van der Waals surface area contributed by atoms with E-state index in [0.29, 0.717) is 12.1 Å². The molecule has 0 bridgehead atoms. The molecule has 1 fully saturated rings. The second-order valence-corrected chi connectivity index (χ2v) is 6.71. The maximum absolute atomic E-state index is 5.17. The molecule has 1 unspecified atom stereocenters. The number of unbranched alkanes of at least 4 members (excludes halogenated alkanes) is 1. The Balaban J connectivity index is 1.86. The van der Waals surface area contributed by atoms with E-state index in [-0.39, 0.29) is 0 Å². The highest BCUT2D eigenvalue weighted by Crippen LogP contribution is 2.29. The zero-order valence-electron chi connectivity index (χ0n) is 14.6. The number of rotatable bonds is 9. The summed E-state index contributed by atoms with van der Waals surface area (Å²) in [5.74, 6) is 0. The number of pyridine rings is 1. The van der Waals surface area contributed by atoms with Gasteiger partial charge in [0.15, 0.2) is 0 Å². The molecule has 4 nitrogen and oxygen atoms in total. The van der Waals surface area contributed by atoms with Crippen LogP contribution in [-0.4, -0.2) is 29.3 Å². The molecular formula is C19H29N3O. The van der Waals surface area contributed by atoms with E-state index in [1.807, 2.05) is 6.20 Å². The van der Waals surface area contributed by atoms with Crippen LogP contribution in [0.5, 0.6) is 0 Å². The molecular weight excluding hydrogens is 286 g/mol. The van der Waals surface area contributed by atoms with Crippen molar-refractivity contribution in [3.8, 4) is 0 Å². The molecule has 3 rings (SSSR count). The summed E-state index contributed by atoms with van der Waals surface area (Å²) in [7, 11) is 1.77. The van der Waals surface area contributed by atoms with Gasteiger partial charge in [0.1, 0.15) is 0 Å². The quantitative estimate of drug-likeness (QED) is 0.715. The summed E-state index contributed by atoms with van der Waals surface area (Å²) < 4.78 is 7.55. The molecule has 2 aromatic heterocycles. The lowest BCUT2D eigenvalue weighted by Gasteiger charge is -2.11. The molecule has 0 aromatic carbocycles. The van der Waals surface area contributed by atoms with E-state index < -0.39 is 0 Å². The van der Waals surface area contributed by atoms with Crippen LogP contribution in [0.1, 0.15) is 56.7 Å². The predicted molar refractivity (Wildman–Crippen MR) is 94.8 cm³/mol. The maximum Gasteiger partial charge on any atom is 0.0928 e. The van der Waals surface area contributed by atoms with E-state index in [1.54, 1.807) is 7.11 Å². The third-order valence-electron chi connectivity index (χ3n) is 4.74. The fourth-order valence-corrected chi connectivity index (χ4v) is 3.15. The topological polar surface area (TPSA) is 39.1 Å². The summed E-state index contributed by atoms with van der Waals surface area (Å²) in [5, 5.41) is 3.71. The Hall–Kier alpha value is -1.39. The van der Waals surface area contributed by atoms with Gasteiger partial charge in [-0.15, -0.1) is 0 Å². The van der Waals surface area contributed by atoms with Crippen molar-refractivity contribution in [1.82, 2.24) is 14.9 Å². The van der Waals surface area contributed by atoms with Gasteiger partial charge >= 0.3 is 0 Å². The number of aromatic nitrogens is 2. The van der Waals surface area contributed by atoms with Crippen LogP contribution in [0.25, 0.3) is 11.0 Å². The van der Waals surface area contributed by atoms with E-state index in [9.17, 15) is 0 Å². The number of aryl methyl sites for hydroxylation is 2. The third-order valence-corrected chi connectivity index (χ3v) is 4.74. The molecule has 0 aliphatic heterocycles. The van der Waals surface area contributed by atoms with Crippen LogP contribution in [0.4, 0.5) is 0 Å². The number of methoxy groups -OCH3 is 1. The molecule has 126 valence electrons. The van der Waals surface area contributed by atoms with Crippen LogP contribution in [0.15, 0.2) is 18.5 Å². The van der Waals surface area contributed by atoms with Gasteiger partial charge in [0.25, 0.3) is 0 Å². The second kappa shape index (κ2) is 7.45. The Kier molecular flexibility index (Phi) is 5.34. The molecule has 2 heterocycles. The van der Waals surface area contributed by atoms with E-state index in [1.165, 1.54) is 29.5 Å². The predicted octanol–water partition coefficient (Wildman–Crippen LogP) is 3.84. The maximum atomic E-state index is 5.17. The molecule has 0 amide bonds. The number of hydrogen-bond donors (Lipinski definition) is 1. The minimum atomic E-state index is 0.366. The summed E-state index contributed by atoms with van der Waals surface area (Å²) in [6, 6.07) is 3.39. The molecule has 4 heteroatoms. The van der Waals surface area contributed by atoms with Crippen molar-refractivity contribution < 1.29 is 4.74 Å². The molecule has 1 atom stereocenters. The van der Waals surface area contributed by atoms with Gasteiger partial charge in [-0.05, 0) is 50.7 Å². The van der Waals surface area contributed by atoms with Gasteiger partial charge in [0, 0.05) is 50.3 Å². The van der Waals surface area contributed by atoms with E-state index >= 15 is 0 Å². The summed E-state index contributed by atoms with van der Waals surface area (Å²) in [5.41, 5.74) is 5.08. The average molecular weight is 315 g/mol. The second-order valence-electron chi connectivity index (χ2n) is 6.71. The molecule has 1 aliphatic rings. The van der Waals surface area contributed by atoms with Gasteiger partial charge in [-0.25, -0.2) is 0 Å². The largest absolute Gasteiger partial charge is 0.385 e. The molecule has 1 N–H and O–H groups in total. The van der Waals surface area contributed by atoms with Crippen LogP contribution in [0, 0.1) is 0 Å². The monoisotopic (exact) mass is 315 g/mol. The number of ether oxygens (including phenoxy) is 1. The number of hydrogen-bond acceptors (Lipinski definition) is 3. The lowest BCUT2D eigenvalue weighted by Crippen LogP contribution is -2.20. The van der Waals surface area contributed by atoms with E-state index in [0.717, 1.165) is 37.9 Å². The SMILES string of the molecule is CCc1cnc2c(C(C)NC3CC3)cn(CCCCOC)c2c1. The Morgan fingerprint density at radius 2 is 2.22 bits per heavy atom. The van der Waals surface area contributed by atoms with Gasteiger partial charge in [-0.3, -0.25) is 4.98 Å². The van der Waals surface area contributed by atoms with Crippen molar-refractivity contribution in [1.29, 1.82) is 0 Å². The normalized spacial score (nSPS) is 16.1. The first-order valence-corrected chi connectivity index (χ1v) is 8.95. The molecule has 0 saturated heterocycles. The molecule has 0 spiro atoms. The number of nitrogens with one attached hydrogen (secondary N) is 1. The Bertz CT molecular complexity index is 645. The van der Waals surface area contributed by atoms with Crippen LogP contribution < -0.4 is 5.32 Å². The van der Waals surface area contributed by atoms with Crippen molar-refractivity contribution in [2.24, 2.45) is 0 Å². The molecule has 0 radical (unpaired) electrons. The highest BCUT2D eigenvalue weighted by molar-refractivity contribution is 5.80. The molecule has 1 aliphatic carbocycles. The van der Waals surface area contributed by atoms with Crippen molar-refractivity contribution in [2.45, 2.75) is 64.6 Å². The fraction of sp³-hybridized carbons (Fsp3) is 0.632. The first kappa shape index (κ1) is 16.5. The van der Waals surface area contributed by atoms with Crippen molar-refractivity contribution >= 4 is 11.0 Å². The highest BCUT2D eigenvalue weighted by Gasteiger charge is 2.25. The Morgan fingerprint density at radius 1 is 1.39 bits per heavy atom. The van der Waals surface area contributed by atoms with Crippen LogP contribution in [-0.2, 0) is 17.7 Å². The van der Waals surface area contributed by atoms with Gasteiger partial charge < -0.3 is 14.6 Å². The van der Waals surface area contributed by atoms with Crippen LogP contribution in [0.2, 0.25) is 0 Å². The number of fused-ring (bicyclic) bond motifs is 1. The van der Waals surface area contributed by atoms with Gasteiger partial charge in [-0.1, -0.05) is 6.92 Å². The Morgan fingerprint density at radius 3 is 2.91 bits per heavy atom. The Labute approximate surface area is 139 Å². The van der Waals surface area contributed by atoms with Gasteiger partial charge in [0.05, 0.1) is 11.0 Å². The van der Waals surface area contributed by atoms with Crippen LogP contribution >= 0.6 is 0 Å². The minimum Gasteiger partial charge on any atom is -0.385 e. The van der Waals surface area contributed by atoms with E-state index in [4.69, 9.17) is 9.72 Å².